The summed E-state index contributed by atoms with van der Waals surface area (Å²) in [5.41, 5.74) is 17.1. The Balaban J connectivity index is 4.06. The van der Waals surface area contributed by atoms with Crippen LogP contribution in [0.5, 0.6) is 0 Å². The minimum Gasteiger partial charge on any atom is -0.369 e. The van der Waals surface area contributed by atoms with E-state index < -0.39 is 6.03 Å². The molecule has 0 aromatic rings. The van der Waals surface area contributed by atoms with E-state index in [-0.39, 0.29) is 5.96 Å². The second-order valence-corrected chi connectivity index (χ2v) is 2.00. The highest BCUT2D eigenvalue weighted by Crippen LogP contribution is 1.72. The van der Waals surface area contributed by atoms with Crippen LogP contribution in [0, 0.1) is 0 Å². The third-order valence-corrected chi connectivity index (χ3v) is 0.760. The van der Waals surface area contributed by atoms with Crippen LogP contribution in [0.2, 0.25) is 0 Å². The number of rotatable bonds is 3. The van der Waals surface area contributed by atoms with E-state index in [1.54, 1.807) is 6.92 Å². The molecule has 72 valence electrons. The summed E-state index contributed by atoms with van der Waals surface area (Å²) in [6.07, 6.45) is 1.26. The Morgan fingerprint density at radius 1 is 1.38 bits per heavy atom. The highest BCUT2D eigenvalue weighted by molar-refractivity contribution is 6.29. The third kappa shape index (κ3) is 7.78. The molecular weight excluding hydrogens is 174 g/mol. The van der Waals surface area contributed by atoms with Gasteiger partial charge in [0.2, 0.25) is 5.96 Å². The summed E-state index contributed by atoms with van der Waals surface area (Å²) in [4.78, 5) is 10.2. The molecule has 0 aliphatic rings. The van der Waals surface area contributed by atoms with Crippen molar-refractivity contribution >= 4 is 23.9 Å². The van der Waals surface area contributed by atoms with Crippen LogP contribution in [-0.2, 0) is 0 Å². The van der Waals surface area contributed by atoms with Crippen LogP contribution >= 0.6 is 0 Å². The average Bonchev–Trinajstić information content (AvgIpc) is 2.00. The highest BCUT2D eigenvalue weighted by atomic mass is 16.2. The largest absolute Gasteiger partial charge is 0.369 e. The molecule has 0 fully saturated rings. The van der Waals surface area contributed by atoms with Gasteiger partial charge >= 0.3 is 6.03 Å². The molecule has 0 aliphatic carbocycles. The monoisotopic (exact) mass is 185 g/mol. The molecule has 0 aromatic heterocycles. The fraction of sp³-hybridized carbons (Fsp3) is 0.200. The van der Waals surface area contributed by atoms with Gasteiger partial charge in [0, 0.05) is 0 Å². The Morgan fingerprint density at radius 2 is 2.00 bits per heavy atom. The standard InChI is InChI=1S/C5H11N7O/c1-3(10-12-5(8)13)2-9-11-4(6)7/h2H,1H3,(H4,6,7,11)(H3,8,12,13)/b9-2-,10-3-. The first-order valence-corrected chi connectivity index (χ1v) is 3.24. The Bertz CT molecular complexity index is 262. The fourth-order valence-corrected chi connectivity index (χ4v) is 0.351. The van der Waals surface area contributed by atoms with Crippen LogP contribution in [0.3, 0.4) is 0 Å². The summed E-state index contributed by atoms with van der Waals surface area (Å²) in [6, 6.07) is -0.755. The molecule has 0 unspecified atom stereocenters. The van der Waals surface area contributed by atoms with Crippen LogP contribution in [0.4, 0.5) is 4.79 Å². The molecule has 0 heterocycles. The number of guanidine groups is 1. The minimum absolute atomic E-state index is 0.160. The predicted molar refractivity (Wildman–Crippen MR) is 50.1 cm³/mol. The van der Waals surface area contributed by atoms with E-state index in [1.165, 1.54) is 6.21 Å². The summed E-state index contributed by atoms with van der Waals surface area (Å²) in [6.45, 7) is 1.58. The number of hydrazone groups is 1. The molecule has 8 heteroatoms. The normalized spacial score (nSPS) is 11.3. The maximum absolute atomic E-state index is 10.2. The van der Waals surface area contributed by atoms with Crippen LogP contribution in [0.1, 0.15) is 6.92 Å². The van der Waals surface area contributed by atoms with Gasteiger partial charge in [-0.15, -0.1) is 5.10 Å². The van der Waals surface area contributed by atoms with Gasteiger partial charge in [-0.05, 0) is 6.92 Å². The van der Waals surface area contributed by atoms with Gasteiger partial charge in [0.15, 0.2) is 0 Å². The van der Waals surface area contributed by atoms with Gasteiger partial charge in [-0.2, -0.15) is 10.2 Å². The number of urea groups is 1. The summed E-state index contributed by atoms with van der Waals surface area (Å²) >= 11 is 0. The SMILES string of the molecule is CC(/C=N\N=C(N)N)=N/NC(N)=O. The Hall–Kier alpha value is -2.12. The molecule has 13 heavy (non-hydrogen) atoms. The van der Waals surface area contributed by atoms with Gasteiger partial charge < -0.3 is 17.2 Å². The number of carbonyl (C=O) groups excluding carboxylic acids is 1. The summed E-state index contributed by atoms with van der Waals surface area (Å²) in [5, 5.41) is 10.3. The maximum Gasteiger partial charge on any atom is 0.332 e. The molecule has 0 aliphatic heterocycles. The molecule has 0 bridgehead atoms. The average molecular weight is 185 g/mol. The zero-order valence-corrected chi connectivity index (χ0v) is 7.06. The molecule has 0 atom stereocenters. The van der Waals surface area contributed by atoms with Gasteiger partial charge in [0.1, 0.15) is 0 Å². The Kier molecular flexibility index (Phi) is 4.62. The Morgan fingerprint density at radius 3 is 2.46 bits per heavy atom. The molecule has 2 amide bonds. The van der Waals surface area contributed by atoms with Crippen molar-refractivity contribution in [3.8, 4) is 0 Å². The quantitative estimate of drug-likeness (QED) is 0.236. The van der Waals surface area contributed by atoms with Crippen molar-refractivity contribution in [1.82, 2.24) is 5.43 Å². The number of hydrogen-bond acceptors (Lipinski definition) is 4. The van der Waals surface area contributed by atoms with Crippen molar-refractivity contribution in [3.05, 3.63) is 0 Å². The molecule has 0 spiro atoms. The molecule has 7 N–H and O–H groups in total. The fourth-order valence-electron chi connectivity index (χ4n) is 0.351. The first-order valence-electron chi connectivity index (χ1n) is 3.24. The number of hydrogen-bond donors (Lipinski definition) is 4. The molecule has 0 radical (unpaired) electrons. The van der Waals surface area contributed by atoms with Crippen molar-refractivity contribution in [2.24, 2.45) is 32.5 Å². The molecule has 0 aromatic carbocycles. The number of nitrogens with two attached hydrogens (primary N) is 3. The first-order chi connectivity index (χ1) is 6.02. The van der Waals surface area contributed by atoms with Crippen LogP contribution in [0.15, 0.2) is 15.3 Å². The number of nitrogens with zero attached hydrogens (tertiary/aromatic N) is 3. The van der Waals surface area contributed by atoms with Gasteiger partial charge in [-0.1, -0.05) is 0 Å². The van der Waals surface area contributed by atoms with Crippen LogP contribution in [0.25, 0.3) is 0 Å². The second-order valence-electron chi connectivity index (χ2n) is 2.00. The van der Waals surface area contributed by atoms with E-state index in [0.29, 0.717) is 5.71 Å². The number of amides is 2. The lowest BCUT2D eigenvalue weighted by Gasteiger charge is -1.91. The number of carbonyl (C=O) groups is 1. The van der Waals surface area contributed by atoms with Gasteiger partial charge in [0.25, 0.3) is 0 Å². The van der Waals surface area contributed by atoms with Crippen molar-refractivity contribution in [2.75, 3.05) is 0 Å². The van der Waals surface area contributed by atoms with E-state index in [9.17, 15) is 4.79 Å². The summed E-state index contributed by atoms with van der Waals surface area (Å²) < 4.78 is 0. The lowest BCUT2D eigenvalue weighted by molar-refractivity contribution is 0.249. The van der Waals surface area contributed by atoms with E-state index in [2.05, 4.69) is 15.3 Å². The van der Waals surface area contributed by atoms with Gasteiger partial charge in [-0.25, -0.2) is 10.2 Å². The van der Waals surface area contributed by atoms with Crippen molar-refractivity contribution in [3.63, 3.8) is 0 Å². The van der Waals surface area contributed by atoms with Gasteiger partial charge in [0.05, 0.1) is 11.9 Å². The smallest absolute Gasteiger partial charge is 0.332 e. The number of primary amides is 1. The summed E-state index contributed by atoms with van der Waals surface area (Å²) in [7, 11) is 0. The zero-order valence-electron chi connectivity index (χ0n) is 7.06. The van der Waals surface area contributed by atoms with Crippen molar-refractivity contribution in [2.45, 2.75) is 6.92 Å². The maximum atomic E-state index is 10.2. The molecule has 8 nitrogen and oxygen atoms in total. The van der Waals surface area contributed by atoms with E-state index in [1.807, 2.05) is 5.43 Å². The van der Waals surface area contributed by atoms with E-state index >= 15 is 0 Å². The highest BCUT2D eigenvalue weighted by Gasteiger charge is 1.87. The molecule has 0 saturated carbocycles. The molecular formula is C5H11N7O. The number of nitrogens with one attached hydrogen (secondary N) is 1. The topological polar surface area (TPSA) is 144 Å². The van der Waals surface area contributed by atoms with Crippen molar-refractivity contribution in [1.29, 1.82) is 0 Å². The minimum atomic E-state index is -0.755. The van der Waals surface area contributed by atoms with Crippen molar-refractivity contribution < 1.29 is 4.79 Å². The molecule has 0 rings (SSSR count). The predicted octanol–water partition coefficient (Wildman–Crippen LogP) is -1.71. The second kappa shape index (κ2) is 5.52. The third-order valence-electron chi connectivity index (χ3n) is 0.760. The molecule has 0 saturated heterocycles. The van der Waals surface area contributed by atoms with Crippen LogP contribution < -0.4 is 22.6 Å². The zero-order chi connectivity index (χ0) is 10.3. The summed E-state index contributed by atoms with van der Waals surface area (Å²) in [5.74, 6) is -0.160. The van der Waals surface area contributed by atoms with Gasteiger partial charge in [-0.3, -0.25) is 0 Å². The van der Waals surface area contributed by atoms with Crippen LogP contribution in [-0.4, -0.2) is 23.9 Å². The first kappa shape index (κ1) is 10.9. The lowest BCUT2D eigenvalue weighted by atomic mass is 10.5. The Labute approximate surface area is 74.6 Å². The van der Waals surface area contributed by atoms with E-state index in [0.717, 1.165) is 0 Å². The lowest BCUT2D eigenvalue weighted by Crippen LogP contribution is -2.25. The van der Waals surface area contributed by atoms with E-state index in [4.69, 9.17) is 17.2 Å².